The highest BCUT2D eigenvalue weighted by molar-refractivity contribution is 7.18. The van der Waals surface area contributed by atoms with E-state index in [-0.39, 0.29) is 11.3 Å². The van der Waals surface area contributed by atoms with Crippen molar-refractivity contribution in [2.75, 3.05) is 0 Å². The highest BCUT2D eigenvalue weighted by atomic mass is 35.5. The molecule has 0 spiro atoms. The molecule has 6 heteroatoms. The molecular weight excluding hydrogens is 356 g/mol. The Hall–Kier alpha value is -1.98. The number of carbonyl (C=O) groups excluding carboxylic acids is 1. The molecule has 0 radical (unpaired) electrons. The second kappa shape index (κ2) is 7.10. The summed E-state index contributed by atoms with van der Waals surface area (Å²) in [5.74, 6) is 0.741. The van der Waals surface area contributed by atoms with Crippen molar-refractivity contribution in [3.63, 3.8) is 0 Å². The second-order valence-corrected chi connectivity index (χ2v) is 7.84. The molecule has 0 bridgehead atoms. The zero-order valence-electron chi connectivity index (χ0n) is 14.4. The van der Waals surface area contributed by atoms with Gasteiger partial charge in [-0.15, -0.1) is 11.3 Å². The highest BCUT2D eigenvalue weighted by Gasteiger charge is 2.17. The van der Waals surface area contributed by atoms with Crippen LogP contribution in [0.2, 0.25) is 5.02 Å². The van der Waals surface area contributed by atoms with Crippen LogP contribution < -0.4 is 5.56 Å². The molecular formula is C19H19ClN2O2S. The predicted molar refractivity (Wildman–Crippen MR) is 103 cm³/mol. The normalized spacial score (nSPS) is 11.2. The average molecular weight is 375 g/mol. The van der Waals surface area contributed by atoms with Crippen molar-refractivity contribution < 1.29 is 4.79 Å². The molecule has 0 unspecified atom stereocenters. The van der Waals surface area contributed by atoms with Gasteiger partial charge in [0.1, 0.15) is 16.4 Å². The molecule has 0 aliphatic rings. The first-order chi connectivity index (χ1) is 11.9. The molecule has 0 atom stereocenters. The van der Waals surface area contributed by atoms with Gasteiger partial charge in [0.05, 0.1) is 5.39 Å². The zero-order chi connectivity index (χ0) is 18.1. The van der Waals surface area contributed by atoms with Gasteiger partial charge in [0.15, 0.2) is 0 Å². The van der Waals surface area contributed by atoms with Gasteiger partial charge in [0, 0.05) is 29.3 Å². The molecule has 0 fully saturated rings. The molecule has 0 N–H and O–H groups in total. The standard InChI is InChI=1S/C19H19ClN2O2S/c1-11(23)8-9-22-16(10-14-4-6-15(20)7-5-14)21-18-17(19(22)24)12(2)13(3)25-18/h4-7H,8-10H2,1-3H3. The number of rotatable bonds is 5. The Bertz CT molecular complexity index is 1000. The SMILES string of the molecule is CC(=O)CCn1c(Cc2ccc(Cl)cc2)nc2sc(C)c(C)c2c1=O. The number of hydrogen-bond acceptors (Lipinski definition) is 4. The van der Waals surface area contributed by atoms with Crippen molar-refractivity contribution in [3.05, 3.63) is 61.5 Å². The number of nitrogens with zero attached hydrogens (tertiary/aromatic N) is 2. The summed E-state index contributed by atoms with van der Waals surface area (Å²) < 4.78 is 1.65. The van der Waals surface area contributed by atoms with E-state index >= 15 is 0 Å². The summed E-state index contributed by atoms with van der Waals surface area (Å²) in [6, 6.07) is 7.51. The van der Waals surface area contributed by atoms with Crippen molar-refractivity contribution >= 4 is 38.9 Å². The lowest BCUT2D eigenvalue weighted by Gasteiger charge is -2.12. The van der Waals surface area contributed by atoms with Crippen LogP contribution in [0, 0.1) is 13.8 Å². The van der Waals surface area contributed by atoms with Crippen LogP contribution >= 0.6 is 22.9 Å². The van der Waals surface area contributed by atoms with Crippen LogP contribution in [0.25, 0.3) is 10.2 Å². The van der Waals surface area contributed by atoms with E-state index in [1.54, 1.807) is 15.9 Å². The van der Waals surface area contributed by atoms with E-state index in [4.69, 9.17) is 16.6 Å². The van der Waals surface area contributed by atoms with E-state index < -0.39 is 0 Å². The number of halogens is 1. The molecule has 130 valence electrons. The Morgan fingerprint density at radius 2 is 1.92 bits per heavy atom. The second-order valence-electron chi connectivity index (χ2n) is 6.20. The number of carbonyl (C=O) groups is 1. The van der Waals surface area contributed by atoms with Crippen LogP contribution in [0.3, 0.4) is 0 Å². The number of aryl methyl sites for hydroxylation is 2. The van der Waals surface area contributed by atoms with Crippen molar-refractivity contribution in [1.82, 2.24) is 9.55 Å². The molecule has 4 nitrogen and oxygen atoms in total. The molecule has 3 aromatic rings. The molecule has 2 aromatic heterocycles. The quantitative estimate of drug-likeness (QED) is 0.669. The molecule has 1 aromatic carbocycles. The largest absolute Gasteiger partial charge is 0.300 e. The Kier molecular flexibility index (Phi) is 5.06. The number of benzene rings is 1. The Balaban J connectivity index is 2.13. The summed E-state index contributed by atoms with van der Waals surface area (Å²) in [7, 11) is 0. The lowest BCUT2D eigenvalue weighted by atomic mass is 10.1. The first-order valence-corrected chi connectivity index (χ1v) is 9.29. The zero-order valence-corrected chi connectivity index (χ0v) is 16.0. The maximum atomic E-state index is 13.0. The Labute approximate surface area is 155 Å². The lowest BCUT2D eigenvalue weighted by Crippen LogP contribution is -2.26. The first kappa shape index (κ1) is 17.8. The number of ketones is 1. The van der Waals surface area contributed by atoms with Gasteiger partial charge in [-0.2, -0.15) is 0 Å². The molecule has 0 aliphatic carbocycles. The molecule has 0 saturated heterocycles. The number of aromatic nitrogens is 2. The predicted octanol–water partition coefficient (Wildman–Crippen LogP) is 4.30. The van der Waals surface area contributed by atoms with Crippen molar-refractivity contribution in [1.29, 1.82) is 0 Å². The van der Waals surface area contributed by atoms with Crippen LogP contribution in [-0.4, -0.2) is 15.3 Å². The minimum Gasteiger partial charge on any atom is -0.300 e. The summed E-state index contributed by atoms with van der Waals surface area (Å²) in [6.07, 6.45) is 0.846. The van der Waals surface area contributed by atoms with Crippen molar-refractivity contribution in [2.24, 2.45) is 0 Å². The number of thiophene rings is 1. The van der Waals surface area contributed by atoms with Gasteiger partial charge in [-0.25, -0.2) is 4.98 Å². The summed E-state index contributed by atoms with van der Waals surface area (Å²) in [5, 5.41) is 1.34. The van der Waals surface area contributed by atoms with E-state index in [9.17, 15) is 9.59 Å². The van der Waals surface area contributed by atoms with E-state index in [1.165, 1.54) is 6.92 Å². The summed E-state index contributed by atoms with van der Waals surface area (Å²) >= 11 is 7.49. The smallest absolute Gasteiger partial charge is 0.262 e. The van der Waals surface area contributed by atoms with Gasteiger partial charge < -0.3 is 0 Å². The highest BCUT2D eigenvalue weighted by Crippen LogP contribution is 2.27. The minimum absolute atomic E-state index is 0.0580. The third-order valence-corrected chi connectivity index (χ3v) is 5.68. The van der Waals surface area contributed by atoms with Gasteiger partial charge in [-0.1, -0.05) is 23.7 Å². The van der Waals surface area contributed by atoms with E-state index in [1.807, 2.05) is 38.1 Å². The van der Waals surface area contributed by atoms with Crippen LogP contribution in [0.1, 0.15) is 35.2 Å². The van der Waals surface area contributed by atoms with Gasteiger partial charge in [0.25, 0.3) is 5.56 Å². The fraction of sp³-hybridized carbons (Fsp3) is 0.316. The summed E-state index contributed by atoms with van der Waals surface area (Å²) in [6.45, 7) is 5.84. The topological polar surface area (TPSA) is 52.0 Å². The Morgan fingerprint density at radius 1 is 1.24 bits per heavy atom. The first-order valence-electron chi connectivity index (χ1n) is 8.10. The van der Waals surface area contributed by atoms with E-state index in [0.717, 1.165) is 20.8 Å². The average Bonchev–Trinajstić information content (AvgIpc) is 2.83. The molecule has 3 rings (SSSR count). The van der Waals surface area contributed by atoms with Gasteiger partial charge in [0.2, 0.25) is 0 Å². The molecule has 25 heavy (non-hydrogen) atoms. The number of fused-ring (bicyclic) bond motifs is 1. The lowest BCUT2D eigenvalue weighted by molar-refractivity contribution is -0.117. The van der Waals surface area contributed by atoms with E-state index in [2.05, 4.69) is 0 Å². The van der Waals surface area contributed by atoms with Crippen LogP contribution in [0.5, 0.6) is 0 Å². The Morgan fingerprint density at radius 3 is 2.56 bits per heavy atom. The number of hydrogen-bond donors (Lipinski definition) is 0. The fourth-order valence-electron chi connectivity index (χ4n) is 2.79. The molecule has 0 amide bonds. The summed E-state index contributed by atoms with van der Waals surface area (Å²) in [5.41, 5.74) is 1.95. The van der Waals surface area contributed by atoms with Crippen LogP contribution in [0.4, 0.5) is 0 Å². The molecule has 0 aliphatic heterocycles. The van der Waals surface area contributed by atoms with Gasteiger partial charge in [-0.05, 0) is 44.0 Å². The van der Waals surface area contributed by atoms with Crippen LogP contribution in [-0.2, 0) is 17.8 Å². The van der Waals surface area contributed by atoms with Gasteiger partial charge >= 0.3 is 0 Å². The van der Waals surface area contributed by atoms with Crippen molar-refractivity contribution in [3.8, 4) is 0 Å². The summed E-state index contributed by atoms with van der Waals surface area (Å²) in [4.78, 5) is 31.1. The fourth-order valence-corrected chi connectivity index (χ4v) is 3.95. The maximum Gasteiger partial charge on any atom is 0.262 e. The third-order valence-electron chi connectivity index (χ3n) is 4.33. The molecule has 2 heterocycles. The van der Waals surface area contributed by atoms with Crippen LogP contribution in [0.15, 0.2) is 29.1 Å². The third kappa shape index (κ3) is 3.67. The van der Waals surface area contributed by atoms with Gasteiger partial charge in [-0.3, -0.25) is 14.2 Å². The minimum atomic E-state index is -0.0583. The number of Topliss-reactive ketones (excluding diaryl/α,β-unsaturated/α-hetero) is 1. The molecule has 0 saturated carbocycles. The monoisotopic (exact) mass is 374 g/mol. The maximum absolute atomic E-state index is 13.0. The van der Waals surface area contributed by atoms with Crippen molar-refractivity contribution in [2.45, 2.75) is 40.2 Å². The van der Waals surface area contributed by atoms with E-state index in [0.29, 0.717) is 35.6 Å².